The summed E-state index contributed by atoms with van der Waals surface area (Å²) in [5, 5.41) is 6.91. The van der Waals surface area contributed by atoms with Gasteiger partial charge in [0.15, 0.2) is 0 Å². The first-order chi connectivity index (χ1) is 17.3. The Morgan fingerprint density at radius 2 is 1.49 bits per heavy atom. The van der Waals surface area contributed by atoms with E-state index in [0.717, 1.165) is 27.6 Å². The molecule has 0 aliphatic heterocycles. The number of rotatable bonds is 4. The van der Waals surface area contributed by atoms with Crippen molar-refractivity contribution in [3.05, 3.63) is 83.5 Å². The first-order valence-electron chi connectivity index (χ1n) is 12.3. The number of alkyl halides is 3. The van der Waals surface area contributed by atoms with E-state index in [1.54, 1.807) is 5.38 Å². The van der Waals surface area contributed by atoms with Gasteiger partial charge in [-0.05, 0) is 51.4 Å². The third-order valence-corrected chi connectivity index (χ3v) is 7.84. The predicted molar refractivity (Wildman–Crippen MR) is 148 cm³/mol. The molecule has 0 saturated heterocycles. The van der Waals surface area contributed by atoms with Gasteiger partial charge in [0.25, 0.3) is 0 Å². The highest BCUT2D eigenvalue weighted by Crippen LogP contribution is 2.41. The summed E-state index contributed by atoms with van der Waals surface area (Å²) in [5.41, 5.74) is 2.74. The van der Waals surface area contributed by atoms with Crippen molar-refractivity contribution in [1.82, 2.24) is 9.97 Å². The number of hydrogen-bond acceptors (Lipinski definition) is 3. The molecule has 0 amide bonds. The van der Waals surface area contributed by atoms with Gasteiger partial charge in [-0.2, -0.15) is 13.2 Å². The van der Waals surface area contributed by atoms with Gasteiger partial charge < -0.3 is 0 Å². The summed E-state index contributed by atoms with van der Waals surface area (Å²) in [5.74, 6) is 0. The second-order valence-corrected chi connectivity index (χ2v) is 12.2. The van der Waals surface area contributed by atoms with Gasteiger partial charge in [-0.1, -0.05) is 71.0 Å². The molecular weight excluding hydrogens is 489 g/mol. The molecule has 3 aromatic carbocycles. The minimum atomic E-state index is -4.28. The molecule has 2 heterocycles. The first kappa shape index (κ1) is 25.4. The standard InChI is InChI=1S/C31H29F3N2S/c1-29(2,3)26-16-22(15-19-8-6-7-9-24(19)26)27-25-11-10-21(14-20(25)12-13-35-27)28-36-23(18-37-28)17-30(4,5)31(32,33)34/h6-16,18H,17H2,1-5H3. The van der Waals surface area contributed by atoms with Crippen LogP contribution < -0.4 is 0 Å². The zero-order valence-corrected chi connectivity index (χ0v) is 22.4. The van der Waals surface area contributed by atoms with Gasteiger partial charge in [-0.25, -0.2) is 4.98 Å². The fourth-order valence-electron chi connectivity index (χ4n) is 4.68. The molecule has 37 heavy (non-hydrogen) atoms. The van der Waals surface area contributed by atoms with E-state index in [4.69, 9.17) is 4.98 Å². The van der Waals surface area contributed by atoms with Crippen LogP contribution in [0.3, 0.4) is 0 Å². The van der Waals surface area contributed by atoms with E-state index in [1.807, 2.05) is 30.5 Å². The molecule has 5 rings (SSSR count). The summed E-state index contributed by atoms with van der Waals surface area (Å²) >= 11 is 1.38. The van der Waals surface area contributed by atoms with Crippen molar-refractivity contribution in [2.45, 2.75) is 52.6 Å². The van der Waals surface area contributed by atoms with Crippen molar-refractivity contribution < 1.29 is 13.2 Å². The Hall–Kier alpha value is -3.25. The predicted octanol–water partition coefficient (Wildman–Crippen LogP) is 9.61. The fourth-order valence-corrected chi connectivity index (χ4v) is 5.50. The molecule has 0 unspecified atom stereocenters. The van der Waals surface area contributed by atoms with Crippen molar-refractivity contribution in [2.75, 3.05) is 0 Å². The molecule has 0 aliphatic rings. The van der Waals surface area contributed by atoms with Crippen molar-refractivity contribution in [1.29, 1.82) is 0 Å². The minimum absolute atomic E-state index is 0.0312. The van der Waals surface area contributed by atoms with Crippen LogP contribution in [-0.2, 0) is 11.8 Å². The minimum Gasteiger partial charge on any atom is -0.256 e. The number of pyridine rings is 1. The normalized spacial score (nSPS) is 13.0. The molecule has 0 aliphatic carbocycles. The molecule has 0 atom stereocenters. The molecule has 0 fully saturated rings. The van der Waals surface area contributed by atoms with Gasteiger partial charge in [0, 0.05) is 34.5 Å². The average Bonchev–Trinajstić information content (AvgIpc) is 3.29. The zero-order valence-electron chi connectivity index (χ0n) is 21.6. The lowest BCUT2D eigenvalue weighted by molar-refractivity contribution is -0.211. The molecular formula is C31H29F3N2S. The molecule has 0 spiro atoms. The summed E-state index contributed by atoms with van der Waals surface area (Å²) < 4.78 is 40.0. The van der Waals surface area contributed by atoms with E-state index in [2.05, 4.69) is 62.2 Å². The summed E-state index contributed by atoms with van der Waals surface area (Å²) in [4.78, 5) is 9.30. The van der Waals surface area contributed by atoms with E-state index in [1.165, 1.54) is 41.5 Å². The maximum Gasteiger partial charge on any atom is 0.394 e. The van der Waals surface area contributed by atoms with Gasteiger partial charge in [0.1, 0.15) is 5.01 Å². The Kier molecular flexibility index (Phi) is 6.14. The van der Waals surface area contributed by atoms with E-state index in [9.17, 15) is 13.2 Å². The molecule has 0 radical (unpaired) electrons. The summed E-state index contributed by atoms with van der Waals surface area (Å²) in [6.07, 6.45) is -2.61. The SMILES string of the molecule is CC(C)(C)c1cc(-c2nccc3cc(-c4nc(CC(C)(C)C(F)(F)F)cs4)ccc23)cc2ccccc12. The van der Waals surface area contributed by atoms with Gasteiger partial charge in [0.2, 0.25) is 0 Å². The first-order valence-corrected chi connectivity index (χ1v) is 13.2. The average molecular weight is 519 g/mol. The molecule has 6 heteroatoms. The Balaban J connectivity index is 1.55. The van der Waals surface area contributed by atoms with Crippen LogP contribution in [-0.4, -0.2) is 16.1 Å². The van der Waals surface area contributed by atoms with Crippen LogP contribution in [0.2, 0.25) is 0 Å². The molecule has 0 bridgehead atoms. The smallest absolute Gasteiger partial charge is 0.256 e. The lowest BCUT2D eigenvalue weighted by Crippen LogP contribution is -2.34. The molecule has 2 aromatic heterocycles. The van der Waals surface area contributed by atoms with Gasteiger partial charge in [0.05, 0.1) is 16.8 Å². The number of fused-ring (bicyclic) bond motifs is 2. The third-order valence-electron chi connectivity index (χ3n) is 6.90. The Bertz CT molecular complexity index is 1610. The number of thiazole rings is 1. The zero-order chi connectivity index (χ0) is 26.6. The lowest BCUT2D eigenvalue weighted by atomic mass is 9.82. The number of hydrogen-bond donors (Lipinski definition) is 0. The highest BCUT2D eigenvalue weighted by Gasteiger charge is 2.47. The van der Waals surface area contributed by atoms with Crippen LogP contribution in [0.25, 0.3) is 43.4 Å². The molecule has 5 aromatic rings. The summed E-state index contributed by atoms with van der Waals surface area (Å²) in [6, 6.07) is 20.9. The second-order valence-electron chi connectivity index (χ2n) is 11.3. The van der Waals surface area contributed by atoms with Crippen LogP contribution in [0.1, 0.15) is 45.9 Å². The summed E-state index contributed by atoms with van der Waals surface area (Å²) in [6.45, 7) is 9.10. The number of aromatic nitrogens is 2. The molecule has 0 saturated carbocycles. The van der Waals surface area contributed by atoms with Crippen molar-refractivity contribution in [3.8, 4) is 21.8 Å². The Morgan fingerprint density at radius 1 is 0.784 bits per heavy atom. The molecule has 0 N–H and O–H groups in total. The van der Waals surface area contributed by atoms with Crippen molar-refractivity contribution in [3.63, 3.8) is 0 Å². The largest absolute Gasteiger partial charge is 0.394 e. The second kappa shape index (κ2) is 8.95. The molecule has 190 valence electrons. The number of halogens is 3. The van der Waals surface area contributed by atoms with E-state index in [-0.39, 0.29) is 11.8 Å². The fraction of sp³-hybridized carbons (Fsp3) is 0.290. The number of benzene rings is 3. The van der Waals surface area contributed by atoms with Crippen molar-refractivity contribution in [2.24, 2.45) is 5.41 Å². The maximum atomic E-state index is 13.3. The molecule has 2 nitrogen and oxygen atoms in total. The quantitative estimate of drug-likeness (QED) is 0.237. The highest BCUT2D eigenvalue weighted by molar-refractivity contribution is 7.13. The van der Waals surface area contributed by atoms with Gasteiger partial charge >= 0.3 is 6.18 Å². The van der Waals surface area contributed by atoms with E-state index in [0.29, 0.717) is 10.7 Å². The topological polar surface area (TPSA) is 25.8 Å². The monoisotopic (exact) mass is 518 g/mol. The summed E-state index contributed by atoms with van der Waals surface area (Å²) in [7, 11) is 0. The van der Waals surface area contributed by atoms with E-state index >= 15 is 0 Å². The van der Waals surface area contributed by atoms with Crippen LogP contribution in [0.4, 0.5) is 13.2 Å². The van der Waals surface area contributed by atoms with Crippen LogP contribution >= 0.6 is 11.3 Å². The van der Waals surface area contributed by atoms with Crippen LogP contribution in [0, 0.1) is 5.41 Å². The maximum absolute atomic E-state index is 13.3. The number of nitrogens with zero attached hydrogens (tertiary/aromatic N) is 2. The highest BCUT2D eigenvalue weighted by atomic mass is 32.1. The van der Waals surface area contributed by atoms with Gasteiger partial charge in [-0.3, -0.25) is 4.98 Å². The third kappa shape index (κ3) is 4.87. The van der Waals surface area contributed by atoms with Gasteiger partial charge in [-0.15, -0.1) is 11.3 Å². The van der Waals surface area contributed by atoms with Crippen molar-refractivity contribution >= 4 is 32.9 Å². The lowest BCUT2D eigenvalue weighted by Gasteiger charge is -2.26. The Morgan fingerprint density at radius 3 is 2.22 bits per heavy atom. The van der Waals surface area contributed by atoms with E-state index < -0.39 is 11.6 Å². The Labute approximate surface area is 219 Å². The van der Waals surface area contributed by atoms with Crippen LogP contribution in [0.15, 0.2) is 72.2 Å². The van der Waals surface area contributed by atoms with Crippen LogP contribution in [0.5, 0.6) is 0 Å².